The van der Waals surface area contributed by atoms with Crippen LogP contribution in [0, 0.1) is 6.92 Å². The smallest absolute Gasteiger partial charge is 0.344 e. The number of hydrazone groups is 1. The van der Waals surface area contributed by atoms with Crippen molar-refractivity contribution < 1.29 is 14.3 Å². The van der Waals surface area contributed by atoms with Gasteiger partial charge in [0.15, 0.2) is 0 Å². The van der Waals surface area contributed by atoms with Gasteiger partial charge in [-0.25, -0.2) is 10.2 Å². The van der Waals surface area contributed by atoms with Crippen LogP contribution in [0.4, 0.5) is 5.69 Å². The zero-order chi connectivity index (χ0) is 21.3. The number of amides is 1. The number of esters is 1. The fraction of sp³-hybridized carbons (Fsp3) is 0.0870. The van der Waals surface area contributed by atoms with Crippen LogP contribution in [-0.2, 0) is 4.79 Å². The van der Waals surface area contributed by atoms with E-state index in [2.05, 4.69) is 31.8 Å². The van der Waals surface area contributed by atoms with Gasteiger partial charge in [-0.2, -0.15) is 5.10 Å². The Kier molecular flexibility index (Phi) is 7.34. The number of carbonyl (C=O) groups excluding carboxylic acids is 2. The van der Waals surface area contributed by atoms with Crippen LogP contribution in [0.2, 0.25) is 0 Å². The molecule has 152 valence electrons. The van der Waals surface area contributed by atoms with Crippen molar-refractivity contribution in [3.05, 3.63) is 94.0 Å². The molecule has 3 aromatic carbocycles. The summed E-state index contributed by atoms with van der Waals surface area (Å²) in [6.45, 7) is 2.09. The summed E-state index contributed by atoms with van der Waals surface area (Å²) < 4.78 is 6.08. The standard InChI is InChI=1S/C23H20BrN3O3/c1-16-6-4-8-18(12-16)25-15-22(28)27-26-14-17-7-5-9-19(13-17)30-23(29)20-10-2-3-11-21(20)24/h2-14,25H,15H2,1H3,(H,27,28)/b26-14+. The predicted octanol–water partition coefficient (Wildman–Crippen LogP) is 4.54. The average Bonchev–Trinajstić information content (AvgIpc) is 2.73. The molecule has 0 fully saturated rings. The highest BCUT2D eigenvalue weighted by Gasteiger charge is 2.11. The molecule has 0 saturated heterocycles. The maximum Gasteiger partial charge on any atom is 0.344 e. The lowest BCUT2D eigenvalue weighted by molar-refractivity contribution is -0.119. The number of aryl methyl sites for hydroxylation is 1. The van der Waals surface area contributed by atoms with E-state index in [4.69, 9.17) is 4.74 Å². The number of nitrogens with one attached hydrogen (secondary N) is 2. The summed E-state index contributed by atoms with van der Waals surface area (Å²) in [5, 5.41) is 6.99. The van der Waals surface area contributed by atoms with Gasteiger partial charge in [-0.05, 0) is 70.4 Å². The molecule has 0 atom stereocenters. The van der Waals surface area contributed by atoms with Gasteiger partial charge in [-0.15, -0.1) is 0 Å². The lowest BCUT2D eigenvalue weighted by Gasteiger charge is -2.07. The Labute approximate surface area is 183 Å². The van der Waals surface area contributed by atoms with E-state index in [9.17, 15) is 9.59 Å². The van der Waals surface area contributed by atoms with Crippen LogP contribution >= 0.6 is 15.9 Å². The van der Waals surface area contributed by atoms with E-state index in [1.54, 1.807) is 42.5 Å². The Bertz CT molecular complexity index is 1080. The number of halogens is 1. The topological polar surface area (TPSA) is 79.8 Å². The second kappa shape index (κ2) is 10.4. The number of rotatable bonds is 7. The predicted molar refractivity (Wildman–Crippen MR) is 121 cm³/mol. The van der Waals surface area contributed by atoms with E-state index in [0.717, 1.165) is 11.3 Å². The van der Waals surface area contributed by atoms with Crippen molar-refractivity contribution in [3.8, 4) is 5.75 Å². The minimum absolute atomic E-state index is 0.102. The number of nitrogens with zero attached hydrogens (tertiary/aromatic N) is 1. The number of hydrogen-bond donors (Lipinski definition) is 2. The average molecular weight is 466 g/mol. The van der Waals surface area contributed by atoms with Crippen LogP contribution in [0.3, 0.4) is 0 Å². The number of benzene rings is 3. The summed E-state index contributed by atoms with van der Waals surface area (Å²) in [5.41, 5.74) is 5.56. The first kappa shape index (κ1) is 21.3. The SMILES string of the molecule is Cc1cccc(NCC(=O)N/N=C/c2cccc(OC(=O)c3ccccc3Br)c2)c1. The lowest BCUT2D eigenvalue weighted by atomic mass is 10.2. The summed E-state index contributed by atoms with van der Waals surface area (Å²) in [6, 6.07) is 21.7. The van der Waals surface area contributed by atoms with Crippen LogP contribution < -0.4 is 15.5 Å². The molecule has 6 nitrogen and oxygen atoms in total. The maximum absolute atomic E-state index is 12.3. The first-order valence-electron chi connectivity index (χ1n) is 9.20. The number of anilines is 1. The molecule has 2 N–H and O–H groups in total. The molecule has 30 heavy (non-hydrogen) atoms. The molecule has 0 aromatic heterocycles. The minimum Gasteiger partial charge on any atom is -0.423 e. The Balaban J connectivity index is 1.53. The molecule has 0 unspecified atom stereocenters. The Morgan fingerprint density at radius 2 is 1.83 bits per heavy atom. The number of hydrogen-bond acceptors (Lipinski definition) is 5. The van der Waals surface area contributed by atoms with Gasteiger partial charge in [0.2, 0.25) is 0 Å². The molecule has 0 aliphatic carbocycles. The molecule has 0 aliphatic rings. The van der Waals surface area contributed by atoms with Gasteiger partial charge in [0.25, 0.3) is 5.91 Å². The van der Waals surface area contributed by atoms with Gasteiger partial charge in [-0.3, -0.25) is 4.79 Å². The molecule has 0 bridgehead atoms. The third-order valence-electron chi connectivity index (χ3n) is 4.04. The minimum atomic E-state index is -0.466. The van der Waals surface area contributed by atoms with Crippen LogP contribution in [0.1, 0.15) is 21.5 Å². The van der Waals surface area contributed by atoms with Crippen molar-refractivity contribution in [3.63, 3.8) is 0 Å². The van der Waals surface area contributed by atoms with Crippen molar-refractivity contribution >= 4 is 39.7 Å². The third kappa shape index (κ3) is 6.28. The molecule has 7 heteroatoms. The van der Waals surface area contributed by atoms with Gasteiger partial charge in [0.1, 0.15) is 5.75 Å². The Morgan fingerprint density at radius 1 is 1.03 bits per heavy atom. The van der Waals surface area contributed by atoms with E-state index < -0.39 is 5.97 Å². The van der Waals surface area contributed by atoms with Crippen molar-refractivity contribution in [2.45, 2.75) is 6.92 Å². The zero-order valence-corrected chi connectivity index (χ0v) is 17.8. The molecule has 0 saturated carbocycles. The summed E-state index contributed by atoms with van der Waals surface area (Å²) in [4.78, 5) is 24.2. The molecule has 0 aliphatic heterocycles. The van der Waals surface area contributed by atoms with Crippen LogP contribution in [0.25, 0.3) is 0 Å². The van der Waals surface area contributed by atoms with Crippen molar-refractivity contribution in [2.24, 2.45) is 5.10 Å². The first-order chi connectivity index (χ1) is 14.5. The first-order valence-corrected chi connectivity index (χ1v) is 10.00. The molecule has 3 aromatic rings. The molecule has 3 rings (SSSR count). The van der Waals surface area contributed by atoms with Crippen molar-refractivity contribution in [1.82, 2.24) is 5.43 Å². The fourth-order valence-electron chi connectivity index (χ4n) is 2.60. The van der Waals surface area contributed by atoms with E-state index in [0.29, 0.717) is 21.3 Å². The normalized spacial score (nSPS) is 10.6. The van der Waals surface area contributed by atoms with E-state index in [-0.39, 0.29) is 12.5 Å². The highest BCUT2D eigenvalue weighted by molar-refractivity contribution is 9.10. The zero-order valence-electron chi connectivity index (χ0n) is 16.3. The molecular formula is C23H20BrN3O3. The highest BCUT2D eigenvalue weighted by Crippen LogP contribution is 2.19. The third-order valence-corrected chi connectivity index (χ3v) is 4.73. The quantitative estimate of drug-likeness (QED) is 0.232. The van der Waals surface area contributed by atoms with Gasteiger partial charge in [0.05, 0.1) is 18.3 Å². The lowest BCUT2D eigenvalue weighted by Crippen LogP contribution is -2.25. The molecular weight excluding hydrogens is 446 g/mol. The van der Waals surface area contributed by atoms with Crippen molar-refractivity contribution in [2.75, 3.05) is 11.9 Å². The molecule has 1 amide bonds. The fourth-order valence-corrected chi connectivity index (χ4v) is 3.05. The Morgan fingerprint density at radius 3 is 2.63 bits per heavy atom. The van der Waals surface area contributed by atoms with Crippen LogP contribution in [0.15, 0.2) is 82.4 Å². The van der Waals surface area contributed by atoms with Gasteiger partial charge in [0, 0.05) is 10.2 Å². The summed E-state index contributed by atoms with van der Waals surface area (Å²) >= 11 is 3.34. The summed E-state index contributed by atoms with van der Waals surface area (Å²) in [5.74, 6) is -0.358. The Hall–Kier alpha value is -3.45. The van der Waals surface area contributed by atoms with E-state index in [1.807, 2.05) is 37.3 Å². The molecule has 0 spiro atoms. The second-order valence-corrected chi connectivity index (χ2v) is 7.31. The number of carbonyl (C=O) groups is 2. The highest BCUT2D eigenvalue weighted by atomic mass is 79.9. The van der Waals surface area contributed by atoms with Gasteiger partial charge in [-0.1, -0.05) is 36.4 Å². The van der Waals surface area contributed by atoms with Crippen molar-refractivity contribution in [1.29, 1.82) is 0 Å². The van der Waals surface area contributed by atoms with Gasteiger partial charge >= 0.3 is 5.97 Å². The van der Waals surface area contributed by atoms with Crippen LogP contribution in [-0.4, -0.2) is 24.6 Å². The summed E-state index contributed by atoms with van der Waals surface area (Å²) in [7, 11) is 0. The monoisotopic (exact) mass is 465 g/mol. The number of ether oxygens (including phenoxy) is 1. The van der Waals surface area contributed by atoms with E-state index >= 15 is 0 Å². The summed E-state index contributed by atoms with van der Waals surface area (Å²) in [6.07, 6.45) is 1.49. The van der Waals surface area contributed by atoms with Crippen LogP contribution in [0.5, 0.6) is 5.75 Å². The second-order valence-electron chi connectivity index (χ2n) is 6.46. The molecule has 0 heterocycles. The van der Waals surface area contributed by atoms with E-state index in [1.165, 1.54) is 6.21 Å². The van der Waals surface area contributed by atoms with Gasteiger partial charge < -0.3 is 10.1 Å². The maximum atomic E-state index is 12.3. The molecule has 0 radical (unpaired) electrons. The largest absolute Gasteiger partial charge is 0.423 e.